The summed E-state index contributed by atoms with van der Waals surface area (Å²) in [6.45, 7) is 0. The minimum atomic E-state index is -0.773. The molecule has 0 N–H and O–H groups in total. The molecule has 9 aromatic rings. The second kappa shape index (κ2) is 10.4. The summed E-state index contributed by atoms with van der Waals surface area (Å²) in [4.78, 5) is 0. The number of fused-ring (bicyclic) bond motifs is 5. The molecule has 0 bridgehead atoms. The van der Waals surface area contributed by atoms with Gasteiger partial charge in [0.1, 0.15) is 11.2 Å². The molecule has 0 amide bonds. The van der Waals surface area contributed by atoms with E-state index in [1.54, 1.807) is 36.4 Å². The Morgan fingerprint density at radius 2 is 0.844 bits per heavy atom. The summed E-state index contributed by atoms with van der Waals surface area (Å²) in [5, 5.41) is -1.41. The van der Waals surface area contributed by atoms with Gasteiger partial charge in [-0.3, -0.25) is 0 Å². The molecule has 0 aliphatic rings. The van der Waals surface area contributed by atoms with Gasteiger partial charge in [-0.25, -0.2) is 0 Å². The number of hydrogen-bond acceptors (Lipinski definition) is 1. The first-order valence-electron chi connectivity index (χ1n) is 23.8. The summed E-state index contributed by atoms with van der Waals surface area (Å²) >= 11 is 0. The maximum absolute atomic E-state index is 9.24. The van der Waals surface area contributed by atoms with Crippen molar-refractivity contribution >= 4 is 43.5 Å². The van der Waals surface area contributed by atoms with Crippen LogP contribution in [0.25, 0.3) is 88.0 Å². The Morgan fingerprint density at radius 1 is 0.356 bits per heavy atom. The van der Waals surface area contributed by atoms with Gasteiger partial charge in [0.05, 0.1) is 27.4 Å². The van der Waals surface area contributed by atoms with Crippen LogP contribution in [0.15, 0.2) is 174 Å². The van der Waals surface area contributed by atoms with Crippen LogP contribution in [0.4, 0.5) is 0 Å². The summed E-state index contributed by atoms with van der Waals surface area (Å²) in [7, 11) is 0. The van der Waals surface area contributed by atoms with Crippen LogP contribution in [0.3, 0.4) is 0 Å². The minimum absolute atomic E-state index is 0.0382. The van der Waals surface area contributed by atoms with Gasteiger partial charge in [-0.1, -0.05) is 151 Å². The lowest BCUT2D eigenvalue weighted by Crippen LogP contribution is -1.91. The molecule has 0 atom stereocenters. The van der Waals surface area contributed by atoms with Crippen molar-refractivity contribution in [2.24, 2.45) is 0 Å². The fourth-order valence-corrected chi connectivity index (χ4v) is 5.74. The minimum Gasteiger partial charge on any atom is -0.456 e. The molecular weight excluding hydrogens is 544 g/mol. The van der Waals surface area contributed by atoms with Gasteiger partial charge < -0.3 is 4.42 Å². The van der Waals surface area contributed by atoms with E-state index in [-0.39, 0.29) is 66.2 Å². The summed E-state index contributed by atoms with van der Waals surface area (Å²) < 4.78 is 181. The van der Waals surface area contributed by atoms with Crippen molar-refractivity contribution in [3.63, 3.8) is 0 Å². The van der Waals surface area contributed by atoms with Crippen molar-refractivity contribution in [1.82, 2.24) is 0 Å². The molecular formula is C44H28O. The molecule has 0 spiro atoms. The van der Waals surface area contributed by atoms with Gasteiger partial charge >= 0.3 is 0 Å². The zero-order chi connectivity index (χ0) is 47.1. The Kier molecular flexibility index (Phi) is 2.90. The molecule has 210 valence electrons. The van der Waals surface area contributed by atoms with E-state index < -0.39 is 126 Å². The highest BCUT2D eigenvalue weighted by Crippen LogP contribution is 2.44. The third-order valence-corrected chi connectivity index (χ3v) is 7.69. The lowest BCUT2D eigenvalue weighted by Gasteiger charge is -2.18. The Labute approximate surface area is 289 Å². The van der Waals surface area contributed by atoms with E-state index in [0.717, 1.165) is 0 Å². The molecule has 1 heteroatoms. The van der Waals surface area contributed by atoms with Crippen molar-refractivity contribution in [3.05, 3.63) is 169 Å². The van der Waals surface area contributed by atoms with Crippen LogP contribution in [0, 0.1) is 0 Å². The van der Waals surface area contributed by atoms with Gasteiger partial charge in [0, 0.05) is 10.8 Å². The summed E-state index contributed by atoms with van der Waals surface area (Å²) in [5.74, 6) is 0. The largest absolute Gasteiger partial charge is 0.456 e. The Bertz CT molecular complexity index is 3540. The predicted molar refractivity (Wildman–Crippen MR) is 190 cm³/mol. The van der Waals surface area contributed by atoms with E-state index in [2.05, 4.69) is 0 Å². The number of para-hydroxylation sites is 1. The zero-order valence-corrected chi connectivity index (χ0v) is 23.0. The van der Waals surface area contributed by atoms with Crippen molar-refractivity contribution in [3.8, 4) is 44.5 Å². The molecule has 0 aliphatic heterocycles. The number of rotatable bonds is 4. The lowest BCUT2D eigenvalue weighted by atomic mass is 9.85. The summed E-state index contributed by atoms with van der Waals surface area (Å²) in [6, 6.07) is 0.311. The third kappa shape index (κ3) is 4.17. The molecule has 0 radical (unpaired) electrons. The first kappa shape index (κ1) is 12.6. The monoisotopic (exact) mass is 592 g/mol. The SMILES string of the molecule is [2H]c1c([2H])c([2H])c(-c2c3c([2H])c([2H])c([2H])c([2H])c3c(-c3ccc(-c4ccccc4-c4c([2H])c([2H])c5c(oc6c([2H])c([2H])c([2H])c([2H])c65)c4[2H])cc3)c3c([2H])c([2H])c([2H])c([2H])c23)c([2H])c1[2H]. The van der Waals surface area contributed by atoms with Crippen molar-refractivity contribution in [1.29, 1.82) is 0 Å². The van der Waals surface area contributed by atoms with Crippen molar-refractivity contribution in [2.75, 3.05) is 0 Å². The summed E-state index contributed by atoms with van der Waals surface area (Å²) in [5.41, 5.74) is -0.0950. The normalized spacial score (nSPS) is 17.8. The van der Waals surface area contributed by atoms with Crippen molar-refractivity contribution < 1.29 is 31.8 Å². The summed E-state index contributed by atoms with van der Waals surface area (Å²) in [6.07, 6.45) is 0. The van der Waals surface area contributed by atoms with Crippen LogP contribution in [-0.2, 0) is 0 Å². The van der Waals surface area contributed by atoms with Gasteiger partial charge in [0.15, 0.2) is 0 Å². The molecule has 0 unspecified atom stereocenters. The molecule has 45 heavy (non-hydrogen) atoms. The maximum Gasteiger partial charge on any atom is 0.136 e. The van der Waals surface area contributed by atoms with E-state index in [0.29, 0.717) is 16.7 Å². The predicted octanol–water partition coefficient (Wildman–Crippen LogP) is 12.6. The molecule has 0 fully saturated rings. The molecule has 1 nitrogen and oxygen atoms in total. The topological polar surface area (TPSA) is 13.1 Å². The number of hydrogen-bond donors (Lipinski definition) is 0. The Balaban J connectivity index is 1.34. The van der Waals surface area contributed by atoms with Crippen LogP contribution >= 0.6 is 0 Å². The smallest absolute Gasteiger partial charge is 0.136 e. The zero-order valence-electron chi connectivity index (χ0n) is 43.0. The fraction of sp³-hybridized carbons (Fsp3) is 0. The highest BCUT2D eigenvalue weighted by Gasteiger charge is 2.17. The Morgan fingerprint density at radius 3 is 1.49 bits per heavy atom. The Hall–Kier alpha value is -5.92. The van der Waals surface area contributed by atoms with E-state index >= 15 is 0 Å². The van der Waals surface area contributed by atoms with Gasteiger partial charge in [0.25, 0.3) is 0 Å². The number of benzene rings is 8. The number of furan rings is 1. The molecule has 1 aromatic heterocycles. The molecule has 0 saturated heterocycles. The maximum atomic E-state index is 9.24. The molecule has 0 aliphatic carbocycles. The molecule has 8 aromatic carbocycles. The van der Waals surface area contributed by atoms with E-state index in [9.17, 15) is 4.11 Å². The quantitative estimate of drug-likeness (QED) is 0.185. The van der Waals surface area contributed by atoms with Crippen LogP contribution in [-0.4, -0.2) is 0 Å². The highest BCUT2D eigenvalue weighted by molar-refractivity contribution is 6.21. The third-order valence-electron chi connectivity index (χ3n) is 7.69. The average Bonchev–Trinajstić information content (AvgIpc) is 3.72. The van der Waals surface area contributed by atoms with Crippen LogP contribution in [0.5, 0.6) is 0 Å². The van der Waals surface area contributed by atoms with E-state index in [1.807, 2.05) is 0 Å². The second-order valence-corrected chi connectivity index (χ2v) is 10.1. The van der Waals surface area contributed by atoms with Crippen LogP contribution < -0.4 is 0 Å². The highest BCUT2D eigenvalue weighted by atomic mass is 16.3. The average molecular weight is 593 g/mol. The van der Waals surface area contributed by atoms with Crippen LogP contribution in [0.2, 0.25) is 0 Å². The molecule has 1 heterocycles. The first-order valence-corrected chi connectivity index (χ1v) is 13.8. The van der Waals surface area contributed by atoms with Gasteiger partial charge in [-0.05, 0) is 84.2 Å². The van der Waals surface area contributed by atoms with Gasteiger partial charge in [-0.15, -0.1) is 0 Å². The first-order chi connectivity index (χ1) is 30.6. The lowest BCUT2D eigenvalue weighted by molar-refractivity contribution is 0.669. The van der Waals surface area contributed by atoms with Gasteiger partial charge in [0.2, 0.25) is 0 Å². The standard InChI is InChI=1S/C44H28O/c1-2-12-30(13-3-1)43-37-17-6-8-19-39(37)44(40-20-9-7-18-38(40)43)31-24-22-29(23-25-31)33-14-4-5-15-34(33)32-26-27-36-35-16-10-11-21-41(35)45-42(36)28-32/h1-28H/i1D,2D,3D,6D,7D,8D,9D,10D,11D,12D,13D,16D,17D,18D,19D,20D,21D,26D,27D,28D. The van der Waals surface area contributed by atoms with Crippen molar-refractivity contribution in [2.45, 2.75) is 0 Å². The van der Waals surface area contributed by atoms with E-state index in [4.69, 9.17) is 27.7 Å². The van der Waals surface area contributed by atoms with E-state index in [1.165, 1.54) is 12.1 Å². The van der Waals surface area contributed by atoms with Crippen LogP contribution in [0.1, 0.15) is 27.4 Å². The molecule has 9 rings (SSSR count). The van der Waals surface area contributed by atoms with Gasteiger partial charge in [-0.2, -0.15) is 0 Å². The second-order valence-electron chi connectivity index (χ2n) is 10.1. The molecule has 0 saturated carbocycles. The fourth-order valence-electron chi connectivity index (χ4n) is 5.74.